The van der Waals surface area contributed by atoms with Gasteiger partial charge < -0.3 is 35.3 Å². The fraction of sp³-hybridized carbons (Fsp3) is 0.561. The summed E-state index contributed by atoms with van der Waals surface area (Å²) in [6.45, 7) is 7.04. The summed E-state index contributed by atoms with van der Waals surface area (Å²) in [7, 11) is 0.642. The molecule has 58 heavy (non-hydrogen) atoms. The highest BCUT2D eigenvalue weighted by molar-refractivity contribution is 8.69. The maximum atomic E-state index is 13.8. The van der Waals surface area contributed by atoms with Gasteiger partial charge >= 0.3 is 18.0 Å². The molecule has 4 N–H and O–H groups in total. The first kappa shape index (κ1) is 46.1. The Labute approximate surface area is 346 Å². The van der Waals surface area contributed by atoms with Crippen LogP contribution >= 0.6 is 10.8 Å². The zero-order valence-corrected chi connectivity index (χ0v) is 35.2. The SMILES string of the molecule is Cc1ccccc1OCC(=O)N[C@@H](CC(C)C)C(=O)N[C@@H](Cc1ccc(OC(=O)N2CCCCC2C(N)=O)cc1)C(=O)OC(C)OC(=O)CCCC[C@@H]1CCS(=O)S1. The van der Waals surface area contributed by atoms with Crippen molar-refractivity contribution in [3.8, 4) is 11.5 Å². The summed E-state index contributed by atoms with van der Waals surface area (Å²) >= 11 is 0. The minimum atomic E-state index is -1.28. The lowest BCUT2D eigenvalue weighted by Gasteiger charge is -2.32. The number of amides is 4. The van der Waals surface area contributed by atoms with Gasteiger partial charge in [-0.25, -0.2) is 13.8 Å². The van der Waals surface area contributed by atoms with E-state index >= 15 is 0 Å². The van der Waals surface area contributed by atoms with Crippen molar-refractivity contribution in [3.63, 3.8) is 0 Å². The second-order valence-electron chi connectivity index (χ2n) is 14.9. The number of hydrogen-bond donors (Lipinski definition) is 3. The third-order valence-electron chi connectivity index (χ3n) is 9.63. The minimum Gasteiger partial charge on any atom is -0.484 e. The van der Waals surface area contributed by atoms with Gasteiger partial charge in [0.2, 0.25) is 18.1 Å². The van der Waals surface area contributed by atoms with E-state index in [1.807, 2.05) is 32.9 Å². The van der Waals surface area contributed by atoms with E-state index in [0.717, 1.165) is 31.2 Å². The van der Waals surface area contributed by atoms with Gasteiger partial charge in [0.25, 0.3) is 5.91 Å². The van der Waals surface area contributed by atoms with Crippen molar-refractivity contribution < 1.29 is 51.9 Å². The molecule has 0 radical (unpaired) electrons. The summed E-state index contributed by atoms with van der Waals surface area (Å²) in [5, 5.41) is 5.78. The summed E-state index contributed by atoms with van der Waals surface area (Å²) in [6.07, 6.45) is 3.35. The van der Waals surface area contributed by atoms with Crippen LogP contribution in [0.4, 0.5) is 4.79 Å². The normalized spacial score (nSPS) is 19.3. The van der Waals surface area contributed by atoms with E-state index in [1.54, 1.807) is 24.3 Å². The maximum Gasteiger partial charge on any atom is 0.415 e. The van der Waals surface area contributed by atoms with Crippen molar-refractivity contribution in [2.75, 3.05) is 18.9 Å². The molecule has 6 atom stereocenters. The first-order valence-corrected chi connectivity index (χ1v) is 22.5. The van der Waals surface area contributed by atoms with Crippen LogP contribution in [0, 0.1) is 12.8 Å². The van der Waals surface area contributed by atoms with Crippen LogP contribution in [0.2, 0.25) is 0 Å². The van der Waals surface area contributed by atoms with Gasteiger partial charge in [0.05, 0.1) is 9.83 Å². The van der Waals surface area contributed by atoms with Crippen molar-refractivity contribution in [1.29, 1.82) is 0 Å². The van der Waals surface area contributed by atoms with E-state index in [0.29, 0.717) is 48.1 Å². The molecule has 0 saturated carbocycles. The average molecular weight is 845 g/mol. The molecule has 2 aromatic rings. The number of rotatable bonds is 20. The van der Waals surface area contributed by atoms with Crippen LogP contribution in [0.3, 0.4) is 0 Å². The highest BCUT2D eigenvalue weighted by Gasteiger charge is 2.33. The maximum absolute atomic E-state index is 13.8. The van der Waals surface area contributed by atoms with Gasteiger partial charge in [0, 0.05) is 37.3 Å². The standard InChI is InChI=1S/C41H56N4O11S2/c1-26(2)23-32(43-36(46)25-53-35-14-7-5-11-27(35)3)39(49)44-33(40(50)55-28(4)54-37(47)15-8-6-12-31-20-22-58(52)57-31)24-29-16-18-30(19-17-29)56-41(51)45-21-10-9-13-34(45)38(42)48/h5,7,11,14,16-19,26,28,31-34H,6,8-10,12-13,15,20-25H2,1-4H3,(H2,42,48)(H,43,46)(H,44,49)/t28?,31-,32+,33+,34?,58?/m1/s1. The zero-order valence-electron chi connectivity index (χ0n) is 33.6. The van der Waals surface area contributed by atoms with E-state index in [-0.39, 0.29) is 37.5 Å². The number of carbonyl (C=O) groups is 6. The lowest BCUT2D eigenvalue weighted by molar-refractivity contribution is -0.186. The Morgan fingerprint density at radius 1 is 0.931 bits per heavy atom. The fourth-order valence-corrected chi connectivity index (χ4v) is 10.2. The number of ether oxygens (including phenoxy) is 4. The molecule has 2 saturated heterocycles. The molecule has 15 nitrogen and oxygen atoms in total. The lowest BCUT2D eigenvalue weighted by Crippen LogP contribution is -2.54. The third kappa shape index (κ3) is 15.3. The van der Waals surface area contributed by atoms with Crippen LogP contribution in [0.25, 0.3) is 0 Å². The second-order valence-corrected chi connectivity index (χ2v) is 18.5. The zero-order chi connectivity index (χ0) is 42.2. The second kappa shape index (κ2) is 23.1. The molecule has 3 unspecified atom stereocenters. The Balaban J connectivity index is 1.41. The van der Waals surface area contributed by atoms with Crippen LogP contribution in [0.1, 0.15) is 89.7 Å². The molecular weight excluding hydrogens is 789 g/mol. The molecule has 2 aliphatic rings. The molecule has 4 rings (SSSR count). The Hall–Kier alpha value is -4.64. The largest absolute Gasteiger partial charge is 0.484 e. The minimum absolute atomic E-state index is 0.0162. The van der Waals surface area contributed by atoms with E-state index in [2.05, 4.69) is 10.6 Å². The summed E-state index contributed by atoms with van der Waals surface area (Å²) < 4.78 is 33.7. The first-order valence-electron chi connectivity index (χ1n) is 19.8. The molecule has 4 amide bonds. The number of likely N-dealkylation sites (tertiary alicyclic amines) is 1. The predicted octanol–water partition coefficient (Wildman–Crippen LogP) is 4.63. The Bertz CT molecular complexity index is 1760. The number of carbonyl (C=O) groups excluding carboxylic acids is 6. The van der Waals surface area contributed by atoms with E-state index in [9.17, 15) is 33.0 Å². The monoisotopic (exact) mass is 844 g/mol. The van der Waals surface area contributed by atoms with Gasteiger partial charge in [-0.15, -0.1) is 0 Å². The Kier molecular flexibility index (Phi) is 18.3. The number of unbranched alkanes of at least 4 members (excludes halogenated alkanes) is 1. The number of piperidine rings is 1. The first-order chi connectivity index (χ1) is 27.7. The number of esters is 2. The molecule has 2 fully saturated rings. The number of para-hydroxylation sites is 1. The molecule has 17 heteroatoms. The highest BCUT2D eigenvalue weighted by atomic mass is 33.1. The third-order valence-corrected chi connectivity index (χ3v) is 13.1. The molecule has 318 valence electrons. The summed E-state index contributed by atoms with van der Waals surface area (Å²) in [6, 6.07) is 10.4. The Morgan fingerprint density at radius 3 is 2.34 bits per heavy atom. The molecule has 2 aliphatic heterocycles. The number of nitrogens with zero attached hydrogens (tertiary/aromatic N) is 1. The lowest BCUT2D eigenvalue weighted by atomic mass is 10.0. The molecular formula is C41H56N4O11S2. The van der Waals surface area contributed by atoms with Gasteiger partial charge in [0.1, 0.15) is 29.6 Å². The molecule has 0 aliphatic carbocycles. The topological polar surface area (TPSA) is 210 Å². The number of aryl methyl sites for hydroxylation is 1. The Morgan fingerprint density at radius 2 is 1.67 bits per heavy atom. The van der Waals surface area contributed by atoms with Crippen molar-refractivity contribution in [3.05, 3.63) is 59.7 Å². The smallest absolute Gasteiger partial charge is 0.415 e. The van der Waals surface area contributed by atoms with Crippen molar-refractivity contribution in [1.82, 2.24) is 15.5 Å². The number of primary amides is 1. The van der Waals surface area contributed by atoms with Gasteiger partial charge in [-0.1, -0.05) is 61.4 Å². The van der Waals surface area contributed by atoms with Crippen molar-refractivity contribution >= 4 is 56.4 Å². The van der Waals surface area contributed by atoms with Crippen LogP contribution < -0.4 is 25.8 Å². The van der Waals surface area contributed by atoms with Crippen LogP contribution in [0.15, 0.2) is 48.5 Å². The summed E-state index contributed by atoms with van der Waals surface area (Å²) in [4.78, 5) is 79.2. The fourth-order valence-electron chi connectivity index (χ4n) is 6.62. The van der Waals surface area contributed by atoms with Crippen LogP contribution in [-0.4, -0.2) is 93.4 Å². The van der Waals surface area contributed by atoms with E-state index < -0.39 is 70.0 Å². The van der Waals surface area contributed by atoms with Gasteiger partial charge in [-0.3, -0.25) is 24.1 Å². The summed E-state index contributed by atoms with van der Waals surface area (Å²) in [5.41, 5.74) is 6.91. The average Bonchev–Trinajstić information content (AvgIpc) is 3.60. The van der Waals surface area contributed by atoms with Crippen LogP contribution in [-0.2, 0) is 49.7 Å². The number of nitrogens with two attached hydrogens (primary N) is 1. The van der Waals surface area contributed by atoms with Crippen LogP contribution in [0.5, 0.6) is 11.5 Å². The van der Waals surface area contributed by atoms with Crippen molar-refractivity contribution in [2.45, 2.75) is 122 Å². The number of benzene rings is 2. The molecule has 0 spiro atoms. The van der Waals surface area contributed by atoms with E-state index in [4.69, 9.17) is 24.7 Å². The molecule has 0 bridgehead atoms. The highest BCUT2D eigenvalue weighted by Crippen LogP contribution is 2.31. The number of hydrogen-bond acceptors (Lipinski definition) is 12. The molecule has 2 heterocycles. The molecule has 2 aromatic carbocycles. The quantitative estimate of drug-likeness (QED) is 0.0721. The van der Waals surface area contributed by atoms with Gasteiger partial charge in [0.15, 0.2) is 6.61 Å². The number of nitrogens with one attached hydrogen (secondary N) is 2. The van der Waals surface area contributed by atoms with Gasteiger partial charge in [-0.05, 0) is 87.1 Å². The van der Waals surface area contributed by atoms with Crippen molar-refractivity contribution in [2.24, 2.45) is 11.7 Å². The van der Waals surface area contributed by atoms with Gasteiger partial charge in [-0.2, -0.15) is 0 Å². The summed E-state index contributed by atoms with van der Waals surface area (Å²) in [5.74, 6) is -1.79. The van der Waals surface area contributed by atoms with E-state index in [1.165, 1.54) is 34.8 Å². The predicted molar refractivity (Wildman–Crippen MR) is 219 cm³/mol. The molecule has 0 aromatic heterocycles.